The van der Waals surface area contributed by atoms with Crippen molar-refractivity contribution in [3.63, 3.8) is 0 Å². The molecule has 13 heavy (non-hydrogen) atoms. The molecule has 1 rings (SSSR count). The van der Waals surface area contributed by atoms with E-state index in [0.29, 0.717) is 0 Å². The van der Waals surface area contributed by atoms with Crippen molar-refractivity contribution in [2.24, 2.45) is 0 Å². The fourth-order valence-electron chi connectivity index (χ4n) is 0.810. The number of aromatic nitrogens is 1. The molecule has 1 N–H and O–H groups in total. The lowest BCUT2D eigenvalue weighted by Gasteiger charge is -1.98. The number of rotatable bonds is 2. The molecule has 4 nitrogen and oxygen atoms in total. The molecule has 1 aromatic rings. The van der Waals surface area contributed by atoms with Gasteiger partial charge in [0, 0.05) is 5.56 Å². The van der Waals surface area contributed by atoms with Crippen LogP contribution in [0.5, 0.6) is 0 Å². The molecule has 0 spiro atoms. The summed E-state index contributed by atoms with van der Waals surface area (Å²) in [6.07, 6.45) is 0. The molecule has 5 heteroatoms. The Morgan fingerprint density at radius 2 is 2.08 bits per heavy atom. The predicted octanol–water partition coefficient (Wildman–Crippen LogP) is 1.64. The molecule has 0 aromatic carbocycles. The summed E-state index contributed by atoms with van der Waals surface area (Å²) in [6.45, 7) is 1.33. The number of carboxylic acids is 1. The first-order chi connectivity index (χ1) is 6.00. The Morgan fingerprint density at radius 1 is 1.46 bits per heavy atom. The molecule has 0 amide bonds. The predicted molar refractivity (Wildman–Crippen MR) is 46.2 cm³/mol. The second-order valence-corrected chi connectivity index (χ2v) is 2.81. The lowest BCUT2D eigenvalue weighted by Crippen LogP contribution is -2.03. The first-order valence-corrected chi connectivity index (χ1v) is 3.80. The Morgan fingerprint density at radius 3 is 2.54 bits per heavy atom. The molecule has 0 radical (unpaired) electrons. The van der Waals surface area contributed by atoms with Crippen molar-refractivity contribution >= 4 is 23.4 Å². The van der Waals surface area contributed by atoms with Crippen molar-refractivity contribution in [3.8, 4) is 0 Å². The van der Waals surface area contributed by atoms with Crippen molar-refractivity contribution in [2.75, 3.05) is 0 Å². The van der Waals surface area contributed by atoms with E-state index in [1.807, 2.05) is 0 Å². The second kappa shape index (κ2) is 3.53. The van der Waals surface area contributed by atoms with E-state index in [9.17, 15) is 9.59 Å². The van der Waals surface area contributed by atoms with Gasteiger partial charge in [-0.3, -0.25) is 4.79 Å². The zero-order valence-corrected chi connectivity index (χ0v) is 7.50. The van der Waals surface area contributed by atoms with Crippen LogP contribution in [-0.4, -0.2) is 21.8 Å². The molecule has 0 saturated carbocycles. The van der Waals surface area contributed by atoms with Gasteiger partial charge in [-0.1, -0.05) is 11.6 Å². The number of hydrogen-bond acceptors (Lipinski definition) is 3. The Hall–Kier alpha value is -1.42. The number of nitrogens with zero attached hydrogens (tertiary/aromatic N) is 1. The van der Waals surface area contributed by atoms with Gasteiger partial charge in [-0.25, -0.2) is 9.78 Å². The third-order valence-corrected chi connectivity index (χ3v) is 1.61. The van der Waals surface area contributed by atoms with Gasteiger partial charge in [0.25, 0.3) is 0 Å². The minimum atomic E-state index is -1.20. The van der Waals surface area contributed by atoms with Gasteiger partial charge in [-0.15, -0.1) is 0 Å². The minimum Gasteiger partial charge on any atom is -0.477 e. The van der Waals surface area contributed by atoms with Crippen LogP contribution in [0, 0.1) is 0 Å². The Kier molecular flexibility index (Phi) is 2.63. The second-order valence-electron chi connectivity index (χ2n) is 2.43. The molecular weight excluding hydrogens is 194 g/mol. The van der Waals surface area contributed by atoms with Gasteiger partial charge in [0.05, 0.1) is 0 Å². The number of carbonyl (C=O) groups excluding carboxylic acids is 1. The van der Waals surface area contributed by atoms with E-state index in [0.717, 1.165) is 0 Å². The van der Waals surface area contributed by atoms with Crippen molar-refractivity contribution in [1.82, 2.24) is 4.98 Å². The molecule has 0 aliphatic rings. The summed E-state index contributed by atoms with van der Waals surface area (Å²) in [6, 6.07) is 2.52. The maximum absolute atomic E-state index is 10.9. The molecule has 0 bridgehead atoms. The normalized spacial score (nSPS) is 9.69. The molecule has 0 atom stereocenters. The van der Waals surface area contributed by atoms with Gasteiger partial charge in [-0.2, -0.15) is 0 Å². The number of halogens is 1. The van der Waals surface area contributed by atoms with E-state index in [4.69, 9.17) is 16.7 Å². The van der Waals surface area contributed by atoms with Crippen LogP contribution in [0.25, 0.3) is 0 Å². The van der Waals surface area contributed by atoms with Crippen LogP contribution in [0.4, 0.5) is 0 Å². The number of aromatic carboxylic acids is 1. The topological polar surface area (TPSA) is 67.3 Å². The molecule has 68 valence electrons. The highest BCUT2D eigenvalue weighted by molar-refractivity contribution is 6.30. The lowest BCUT2D eigenvalue weighted by atomic mass is 10.1. The number of carboxylic acid groups (broad SMARTS) is 1. The van der Waals surface area contributed by atoms with Crippen molar-refractivity contribution in [2.45, 2.75) is 6.92 Å². The summed E-state index contributed by atoms with van der Waals surface area (Å²) in [4.78, 5) is 24.9. The third-order valence-electron chi connectivity index (χ3n) is 1.42. The number of ketones is 1. The average molecular weight is 200 g/mol. The summed E-state index contributed by atoms with van der Waals surface area (Å²) in [5.41, 5.74) is 0.0232. The Labute approximate surface area is 79.2 Å². The summed E-state index contributed by atoms with van der Waals surface area (Å²) in [5, 5.41) is 8.59. The summed E-state index contributed by atoms with van der Waals surface area (Å²) in [7, 11) is 0. The Balaban J connectivity index is 3.26. The highest BCUT2D eigenvalue weighted by atomic mass is 35.5. The number of hydrogen-bond donors (Lipinski definition) is 1. The van der Waals surface area contributed by atoms with Gasteiger partial charge in [0.1, 0.15) is 5.15 Å². The molecule has 1 aromatic heterocycles. The molecule has 0 fully saturated rings. The molecule has 0 aliphatic heterocycles. The zero-order chi connectivity index (χ0) is 10.0. The number of Topliss-reactive ketones (excluding diaryl/α,β-unsaturated/α-hetero) is 1. The van der Waals surface area contributed by atoms with Gasteiger partial charge >= 0.3 is 5.97 Å². The molecule has 0 saturated heterocycles. The maximum atomic E-state index is 10.9. The van der Waals surface area contributed by atoms with Crippen LogP contribution in [0.1, 0.15) is 27.8 Å². The van der Waals surface area contributed by atoms with Gasteiger partial charge in [-0.05, 0) is 19.1 Å². The van der Waals surface area contributed by atoms with Gasteiger partial charge in [0.2, 0.25) is 0 Å². The first kappa shape index (κ1) is 9.67. The van der Waals surface area contributed by atoms with E-state index in [1.165, 1.54) is 19.1 Å². The summed E-state index contributed by atoms with van der Waals surface area (Å²) >= 11 is 5.51. The molecule has 1 heterocycles. The smallest absolute Gasteiger partial charge is 0.354 e. The fourth-order valence-corrected chi connectivity index (χ4v) is 1.02. The number of carbonyl (C=O) groups is 2. The van der Waals surface area contributed by atoms with E-state index in [-0.39, 0.29) is 22.2 Å². The average Bonchev–Trinajstić information content (AvgIpc) is 2.03. The number of pyridine rings is 1. The minimum absolute atomic E-state index is 0.00472. The van der Waals surface area contributed by atoms with Crippen molar-refractivity contribution in [1.29, 1.82) is 0 Å². The van der Waals surface area contributed by atoms with Crippen LogP contribution in [0.3, 0.4) is 0 Å². The van der Waals surface area contributed by atoms with Crippen LogP contribution < -0.4 is 0 Å². The summed E-state index contributed by atoms with van der Waals surface area (Å²) < 4.78 is 0. The Bertz CT molecular complexity index is 343. The van der Waals surface area contributed by atoms with Gasteiger partial charge in [0.15, 0.2) is 11.5 Å². The van der Waals surface area contributed by atoms with Crippen LogP contribution >= 0.6 is 11.6 Å². The monoisotopic (exact) mass is 199 g/mol. The molecule has 0 unspecified atom stereocenters. The quantitative estimate of drug-likeness (QED) is 0.581. The fraction of sp³-hybridized carbons (Fsp3) is 0.125. The maximum Gasteiger partial charge on any atom is 0.354 e. The van der Waals surface area contributed by atoms with E-state index in [1.54, 1.807) is 0 Å². The van der Waals surface area contributed by atoms with E-state index < -0.39 is 5.97 Å². The highest BCUT2D eigenvalue weighted by Crippen LogP contribution is 2.11. The van der Waals surface area contributed by atoms with Gasteiger partial charge < -0.3 is 5.11 Å². The molecular formula is C8H6ClNO3. The van der Waals surface area contributed by atoms with Crippen LogP contribution in [0.15, 0.2) is 12.1 Å². The summed E-state index contributed by atoms with van der Waals surface area (Å²) in [5.74, 6) is -1.45. The van der Waals surface area contributed by atoms with Crippen molar-refractivity contribution < 1.29 is 14.7 Å². The third kappa shape index (κ3) is 2.26. The standard InChI is InChI=1S/C8H6ClNO3/c1-4(11)5-2-6(8(12)13)10-7(9)3-5/h2-3H,1H3,(H,12,13). The highest BCUT2D eigenvalue weighted by Gasteiger charge is 2.09. The largest absolute Gasteiger partial charge is 0.477 e. The lowest BCUT2D eigenvalue weighted by molar-refractivity contribution is 0.0690. The van der Waals surface area contributed by atoms with E-state index in [2.05, 4.69) is 4.98 Å². The SMILES string of the molecule is CC(=O)c1cc(Cl)nc(C(=O)O)c1. The van der Waals surface area contributed by atoms with Crippen LogP contribution in [-0.2, 0) is 0 Å². The van der Waals surface area contributed by atoms with E-state index >= 15 is 0 Å². The molecule has 0 aliphatic carbocycles. The van der Waals surface area contributed by atoms with Crippen molar-refractivity contribution in [3.05, 3.63) is 28.5 Å². The zero-order valence-electron chi connectivity index (χ0n) is 6.74. The first-order valence-electron chi connectivity index (χ1n) is 3.42. The van der Waals surface area contributed by atoms with Crippen LogP contribution in [0.2, 0.25) is 5.15 Å².